The van der Waals surface area contributed by atoms with Crippen molar-refractivity contribution in [2.45, 2.75) is 13.7 Å². The third-order valence-corrected chi connectivity index (χ3v) is 4.60. The van der Waals surface area contributed by atoms with Crippen LogP contribution in [0.3, 0.4) is 0 Å². The van der Waals surface area contributed by atoms with E-state index in [1.165, 1.54) is 11.3 Å². The van der Waals surface area contributed by atoms with Crippen LogP contribution in [0.5, 0.6) is 0 Å². The Morgan fingerprint density at radius 2 is 2.16 bits per heavy atom. The fourth-order valence-corrected chi connectivity index (χ4v) is 3.42. The highest BCUT2D eigenvalue weighted by atomic mass is 32.1. The van der Waals surface area contributed by atoms with E-state index in [2.05, 4.69) is 15.1 Å². The first-order valence-electron chi connectivity index (χ1n) is 7.55. The average Bonchev–Trinajstić information content (AvgIpc) is 3.33. The number of ketones is 1. The number of nitrogens with zero attached hydrogens (tertiary/aromatic N) is 4. The van der Waals surface area contributed by atoms with E-state index in [9.17, 15) is 4.79 Å². The van der Waals surface area contributed by atoms with Gasteiger partial charge in [-0.3, -0.25) is 4.79 Å². The number of aryl methyl sites for hydroxylation is 1. The van der Waals surface area contributed by atoms with Crippen LogP contribution in [0.1, 0.15) is 21.3 Å². The molecule has 0 saturated carbocycles. The molecule has 25 heavy (non-hydrogen) atoms. The highest BCUT2D eigenvalue weighted by Crippen LogP contribution is 2.26. The predicted molar refractivity (Wildman–Crippen MR) is 92.5 cm³/mol. The molecule has 0 aliphatic rings. The Labute approximate surface area is 146 Å². The molecule has 0 radical (unpaired) electrons. The maximum atomic E-state index is 13.0. The van der Waals surface area contributed by atoms with Crippen molar-refractivity contribution in [3.8, 4) is 11.5 Å². The second-order valence-corrected chi connectivity index (χ2v) is 6.31. The van der Waals surface area contributed by atoms with Gasteiger partial charge >= 0.3 is 0 Å². The fourth-order valence-electron chi connectivity index (χ4n) is 2.67. The van der Waals surface area contributed by atoms with Gasteiger partial charge in [0.1, 0.15) is 12.4 Å². The summed E-state index contributed by atoms with van der Waals surface area (Å²) in [6, 6.07) is 7.72. The number of benzene rings is 1. The molecule has 0 spiro atoms. The Hall–Kier alpha value is -2.84. The van der Waals surface area contributed by atoms with E-state index < -0.39 is 0 Å². The number of methoxy groups -OCH3 is 1. The normalized spacial score (nSPS) is 11.3. The van der Waals surface area contributed by atoms with E-state index in [4.69, 9.17) is 9.26 Å². The van der Waals surface area contributed by atoms with Gasteiger partial charge in [0.2, 0.25) is 17.5 Å². The first kappa shape index (κ1) is 15.7. The molecule has 0 saturated heterocycles. The van der Waals surface area contributed by atoms with E-state index in [1.54, 1.807) is 25.6 Å². The SMILES string of the molecule is COCn1cc(C(=O)c2nc(-c3noc(C)n3)cs2)c2ccccc21. The van der Waals surface area contributed by atoms with Crippen molar-refractivity contribution in [1.82, 2.24) is 19.7 Å². The zero-order valence-electron chi connectivity index (χ0n) is 13.6. The minimum absolute atomic E-state index is 0.137. The number of thiazole rings is 1. The molecule has 0 unspecified atom stereocenters. The highest BCUT2D eigenvalue weighted by molar-refractivity contribution is 7.12. The zero-order valence-corrected chi connectivity index (χ0v) is 14.4. The van der Waals surface area contributed by atoms with Gasteiger partial charge in [-0.15, -0.1) is 11.3 Å². The van der Waals surface area contributed by atoms with Gasteiger partial charge in [-0.05, 0) is 6.07 Å². The largest absolute Gasteiger partial charge is 0.364 e. The number of rotatable bonds is 5. The van der Waals surface area contributed by atoms with Gasteiger partial charge in [0, 0.05) is 31.0 Å². The summed E-state index contributed by atoms with van der Waals surface area (Å²) in [7, 11) is 1.62. The first-order valence-corrected chi connectivity index (χ1v) is 8.43. The summed E-state index contributed by atoms with van der Waals surface area (Å²) in [6.07, 6.45) is 1.80. The van der Waals surface area contributed by atoms with Crippen molar-refractivity contribution < 1.29 is 14.1 Å². The van der Waals surface area contributed by atoms with Crippen molar-refractivity contribution in [2.24, 2.45) is 0 Å². The number of carbonyl (C=O) groups excluding carboxylic acids is 1. The lowest BCUT2D eigenvalue weighted by atomic mass is 10.1. The number of para-hydroxylation sites is 1. The Bertz CT molecular complexity index is 1060. The number of carbonyl (C=O) groups is 1. The van der Waals surface area contributed by atoms with E-state index in [-0.39, 0.29) is 5.78 Å². The zero-order chi connectivity index (χ0) is 17.4. The molecule has 0 atom stereocenters. The number of hydrogen-bond donors (Lipinski definition) is 0. The molecule has 0 amide bonds. The fraction of sp³-hybridized carbons (Fsp3) is 0.176. The molecule has 7 nitrogen and oxygen atoms in total. The van der Waals surface area contributed by atoms with Gasteiger partial charge in [0.15, 0.2) is 5.01 Å². The van der Waals surface area contributed by atoms with Crippen molar-refractivity contribution in [1.29, 1.82) is 0 Å². The van der Waals surface area contributed by atoms with Crippen LogP contribution in [0.25, 0.3) is 22.4 Å². The van der Waals surface area contributed by atoms with E-state index in [1.807, 2.05) is 28.8 Å². The maximum Gasteiger partial charge on any atom is 0.223 e. The van der Waals surface area contributed by atoms with Crippen LogP contribution < -0.4 is 0 Å². The summed E-state index contributed by atoms with van der Waals surface area (Å²) in [5.74, 6) is 0.704. The summed E-state index contributed by atoms with van der Waals surface area (Å²) in [6.45, 7) is 2.08. The van der Waals surface area contributed by atoms with E-state index in [0.29, 0.717) is 34.7 Å². The van der Waals surface area contributed by atoms with Crippen LogP contribution in [-0.2, 0) is 11.5 Å². The maximum absolute atomic E-state index is 13.0. The monoisotopic (exact) mass is 354 g/mol. The van der Waals surface area contributed by atoms with Gasteiger partial charge in [-0.1, -0.05) is 23.4 Å². The summed E-state index contributed by atoms with van der Waals surface area (Å²) >= 11 is 1.26. The molecule has 0 aliphatic heterocycles. The number of hydrogen-bond acceptors (Lipinski definition) is 7. The van der Waals surface area contributed by atoms with Crippen molar-refractivity contribution in [3.63, 3.8) is 0 Å². The molecule has 126 valence electrons. The first-order chi connectivity index (χ1) is 12.2. The summed E-state index contributed by atoms with van der Waals surface area (Å²) in [5.41, 5.74) is 2.07. The Morgan fingerprint density at radius 3 is 2.92 bits per heavy atom. The third-order valence-electron chi connectivity index (χ3n) is 3.76. The molecule has 3 heterocycles. The average molecular weight is 354 g/mol. The van der Waals surface area contributed by atoms with Crippen LogP contribution in [-0.4, -0.2) is 32.6 Å². The van der Waals surface area contributed by atoms with E-state index >= 15 is 0 Å². The predicted octanol–water partition coefficient (Wildman–Crippen LogP) is 3.29. The molecule has 4 rings (SSSR count). The van der Waals surface area contributed by atoms with Gasteiger partial charge in [-0.25, -0.2) is 4.98 Å². The Morgan fingerprint density at radius 1 is 1.32 bits per heavy atom. The van der Waals surface area contributed by atoms with Gasteiger partial charge in [0.25, 0.3) is 0 Å². The van der Waals surface area contributed by atoms with E-state index in [0.717, 1.165) is 10.9 Å². The number of ether oxygens (including phenoxy) is 1. The van der Waals surface area contributed by atoms with Crippen LogP contribution in [0, 0.1) is 6.92 Å². The topological polar surface area (TPSA) is 83.0 Å². The number of aromatic nitrogens is 4. The summed E-state index contributed by atoms with van der Waals surface area (Å²) < 4.78 is 12.1. The molecule has 4 aromatic rings. The second kappa shape index (κ2) is 6.23. The molecule has 8 heteroatoms. The lowest BCUT2D eigenvalue weighted by Gasteiger charge is -2.01. The third kappa shape index (κ3) is 2.75. The van der Waals surface area contributed by atoms with Crippen molar-refractivity contribution in [2.75, 3.05) is 7.11 Å². The smallest absolute Gasteiger partial charge is 0.223 e. The highest BCUT2D eigenvalue weighted by Gasteiger charge is 2.21. The molecule has 1 aromatic carbocycles. The Kier molecular flexibility index (Phi) is 3.90. The van der Waals surface area contributed by atoms with Crippen LogP contribution in [0.2, 0.25) is 0 Å². The number of fused-ring (bicyclic) bond motifs is 1. The molecular weight excluding hydrogens is 340 g/mol. The minimum Gasteiger partial charge on any atom is -0.364 e. The van der Waals surface area contributed by atoms with Gasteiger partial charge in [0.05, 0.1) is 11.1 Å². The molecule has 0 aliphatic carbocycles. The van der Waals surface area contributed by atoms with Gasteiger partial charge < -0.3 is 13.8 Å². The molecular formula is C17H14N4O3S. The molecule has 0 N–H and O–H groups in total. The summed E-state index contributed by atoms with van der Waals surface area (Å²) in [5, 5.41) is 6.85. The van der Waals surface area contributed by atoms with Crippen molar-refractivity contribution in [3.05, 3.63) is 52.3 Å². The summed E-state index contributed by atoms with van der Waals surface area (Å²) in [4.78, 5) is 21.5. The second-order valence-electron chi connectivity index (χ2n) is 5.45. The lowest BCUT2D eigenvalue weighted by molar-refractivity contribution is 0.103. The molecule has 0 fully saturated rings. The van der Waals surface area contributed by atoms with Crippen LogP contribution >= 0.6 is 11.3 Å². The van der Waals surface area contributed by atoms with Crippen LogP contribution in [0.15, 0.2) is 40.4 Å². The quantitative estimate of drug-likeness (QED) is 0.511. The Balaban J connectivity index is 1.74. The molecule has 0 bridgehead atoms. The standard InChI is InChI=1S/C17H14N4O3S/c1-10-18-16(20-24-10)13-8-25-17(19-13)15(22)12-7-21(9-23-2)14-6-4-3-5-11(12)14/h3-8H,9H2,1-2H3. The lowest BCUT2D eigenvalue weighted by Crippen LogP contribution is -2.01. The van der Waals surface area contributed by atoms with Crippen molar-refractivity contribution >= 4 is 28.0 Å². The molecule has 3 aromatic heterocycles. The van der Waals surface area contributed by atoms with Crippen LogP contribution in [0.4, 0.5) is 0 Å². The van der Waals surface area contributed by atoms with Gasteiger partial charge in [-0.2, -0.15) is 4.98 Å². The minimum atomic E-state index is -0.137.